The largest absolute Gasteiger partial charge is 0.456 e. The van der Waals surface area contributed by atoms with Gasteiger partial charge in [-0.05, 0) is 192 Å². The zero-order valence-electron chi connectivity index (χ0n) is 56.6. The zero-order chi connectivity index (χ0) is 69.0. The van der Waals surface area contributed by atoms with Crippen LogP contribution in [0.2, 0.25) is 0 Å². The van der Waals surface area contributed by atoms with Crippen molar-refractivity contribution < 1.29 is 4.42 Å². The Morgan fingerprint density at radius 2 is 0.651 bits per heavy atom. The Balaban J connectivity index is 0.592. The number of furan rings is 1. The predicted molar refractivity (Wildman–Crippen MR) is 441 cm³/mol. The number of hydrogen-bond acceptors (Lipinski definition) is 6. The van der Waals surface area contributed by atoms with Crippen LogP contribution in [0.4, 0.5) is 0 Å². The van der Waals surface area contributed by atoms with Crippen LogP contribution in [0.5, 0.6) is 0 Å². The Kier molecular flexibility index (Phi) is 11.8. The van der Waals surface area contributed by atoms with Gasteiger partial charge in [-0.25, -0.2) is 19.9 Å². The Morgan fingerprint density at radius 1 is 0.245 bits per heavy atom. The predicted octanol–water partition coefficient (Wildman–Crippen LogP) is 25.5. The fraction of sp³-hybridized carbons (Fsp3) is 0. The minimum Gasteiger partial charge on any atom is -0.456 e. The molecule has 0 N–H and O–H groups in total. The topological polar surface area (TPSA) is 83.4 Å². The quantitative estimate of drug-likeness (QED) is 0.159. The summed E-state index contributed by atoms with van der Waals surface area (Å²) < 4.78 is 18.4. The van der Waals surface area contributed by atoms with E-state index in [-0.39, 0.29) is 0 Å². The molecule has 0 spiro atoms. The fourth-order valence-electron chi connectivity index (χ4n) is 17.4. The maximum atomic E-state index is 6.62. The number of para-hydroxylation sites is 5. The van der Waals surface area contributed by atoms with E-state index in [1.165, 1.54) is 63.6 Å². The van der Waals surface area contributed by atoms with Crippen LogP contribution in [-0.4, -0.2) is 37.9 Å². The molecule has 10 heteroatoms. The lowest BCUT2D eigenvalue weighted by Gasteiger charge is -2.14. The minimum absolute atomic E-state index is 0.778. The van der Waals surface area contributed by atoms with Crippen LogP contribution >= 0.6 is 11.3 Å². The summed E-state index contributed by atoms with van der Waals surface area (Å²) in [6.07, 6.45) is 0. The van der Waals surface area contributed by atoms with Gasteiger partial charge in [-0.3, -0.25) is 17.9 Å². The van der Waals surface area contributed by atoms with Crippen molar-refractivity contribution in [3.63, 3.8) is 0 Å². The molecule has 0 saturated heterocycles. The Morgan fingerprint density at radius 3 is 1.23 bits per heavy atom. The molecule has 0 atom stereocenters. The molecule has 0 radical (unpaired) electrons. The first-order chi connectivity index (χ1) is 52.5. The van der Waals surface area contributed by atoms with Crippen molar-refractivity contribution in [2.45, 2.75) is 0 Å². The van der Waals surface area contributed by atoms with Gasteiger partial charge in [-0.1, -0.05) is 212 Å². The van der Waals surface area contributed by atoms with Gasteiger partial charge in [0, 0.05) is 63.3 Å². The van der Waals surface area contributed by atoms with Gasteiger partial charge in [0.15, 0.2) is 0 Å². The molecule has 0 aliphatic heterocycles. The summed E-state index contributed by atoms with van der Waals surface area (Å²) in [6.45, 7) is 0. The molecule has 8 aromatic heterocycles. The summed E-state index contributed by atoms with van der Waals surface area (Å²) in [7, 11) is 0. The van der Waals surface area contributed by atoms with E-state index in [0.29, 0.717) is 0 Å². The second kappa shape index (κ2) is 21.7. The minimum atomic E-state index is 0.778. The summed E-state index contributed by atoms with van der Waals surface area (Å²) >= 11 is 1.87. The molecule has 0 amide bonds. The highest BCUT2D eigenvalue weighted by Crippen LogP contribution is 2.46. The lowest BCUT2D eigenvalue weighted by atomic mass is 9.97. The number of imidazole rings is 2. The lowest BCUT2D eigenvalue weighted by Crippen LogP contribution is -2.06. The molecule has 0 saturated carbocycles. The van der Waals surface area contributed by atoms with E-state index < -0.39 is 0 Å². The fourth-order valence-corrected chi connectivity index (χ4v) is 18.6. The van der Waals surface area contributed by atoms with Gasteiger partial charge in [-0.15, -0.1) is 11.3 Å². The highest BCUT2D eigenvalue weighted by Gasteiger charge is 2.26. The lowest BCUT2D eigenvalue weighted by molar-refractivity contribution is 0.669. The third-order valence-corrected chi connectivity index (χ3v) is 23.6. The molecule has 9 nitrogen and oxygen atoms in total. The van der Waals surface area contributed by atoms with Gasteiger partial charge < -0.3 is 4.42 Å². The highest BCUT2D eigenvalue weighted by atomic mass is 32.1. The maximum Gasteiger partial charge on any atom is 0.221 e. The van der Waals surface area contributed by atoms with Crippen LogP contribution in [0.1, 0.15) is 0 Å². The first-order valence-electron chi connectivity index (χ1n) is 35.9. The van der Waals surface area contributed by atoms with Gasteiger partial charge in [0.2, 0.25) is 11.9 Å². The first-order valence-corrected chi connectivity index (χ1v) is 36.7. The van der Waals surface area contributed by atoms with Gasteiger partial charge in [0.25, 0.3) is 0 Å². The van der Waals surface area contributed by atoms with Crippen LogP contribution in [0.15, 0.2) is 332 Å². The number of nitrogens with zero attached hydrogens (tertiary/aromatic N) is 8. The van der Waals surface area contributed by atoms with Gasteiger partial charge >= 0.3 is 0 Å². The normalized spacial score (nSPS) is 12.3. The molecule has 0 bridgehead atoms. The Hall–Kier alpha value is -14.1. The molecular formula is C96H54N8OS. The monoisotopic (exact) mass is 1370 g/mol. The molecule has 0 aliphatic rings. The van der Waals surface area contributed by atoms with Crippen LogP contribution in [0.3, 0.4) is 0 Å². The molecule has 24 rings (SSSR count). The van der Waals surface area contributed by atoms with Crippen molar-refractivity contribution >= 4 is 174 Å². The average Bonchev–Trinajstić information content (AvgIpc) is 1.56. The molecule has 490 valence electrons. The number of rotatable bonds is 7. The summed E-state index contributed by atoms with van der Waals surface area (Å²) in [4.78, 5) is 21.9. The maximum absolute atomic E-state index is 6.62. The third-order valence-electron chi connectivity index (χ3n) is 22.3. The van der Waals surface area contributed by atoms with Crippen molar-refractivity contribution in [2.75, 3.05) is 0 Å². The van der Waals surface area contributed by atoms with E-state index in [1.807, 2.05) is 11.3 Å². The molecule has 0 unspecified atom stereocenters. The summed E-state index contributed by atoms with van der Waals surface area (Å²) in [5, 5.41) is 16.2. The van der Waals surface area contributed by atoms with E-state index in [9.17, 15) is 0 Å². The first kappa shape index (κ1) is 57.6. The van der Waals surface area contributed by atoms with Crippen LogP contribution in [0, 0.1) is 0 Å². The van der Waals surface area contributed by atoms with Crippen molar-refractivity contribution in [3.8, 4) is 67.5 Å². The summed E-state index contributed by atoms with van der Waals surface area (Å²) in [5.41, 5.74) is 24.7. The van der Waals surface area contributed by atoms with Crippen LogP contribution in [-0.2, 0) is 0 Å². The van der Waals surface area contributed by atoms with E-state index in [0.717, 1.165) is 166 Å². The molecule has 0 aliphatic carbocycles. The van der Waals surface area contributed by atoms with Crippen molar-refractivity contribution in [3.05, 3.63) is 328 Å². The number of hydrogen-bond donors (Lipinski definition) is 0. The third kappa shape index (κ3) is 8.29. The number of fused-ring (bicyclic) bond motifs is 26. The number of aromatic nitrogens is 8. The zero-order valence-corrected chi connectivity index (χ0v) is 57.4. The molecule has 8 heterocycles. The van der Waals surface area contributed by atoms with E-state index in [1.54, 1.807) is 0 Å². The van der Waals surface area contributed by atoms with Gasteiger partial charge in [0.1, 0.15) is 22.5 Å². The van der Waals surface area contributed by atoms with Gasteiger partial charge in [0.05, 0.1) is 55.2 Å². The van der Waals surface area contributed by atoms with E-state index >= 15 is 0 Å². The Labute approximate surface area is 607 Å². The molecule has 0 fully saturated rings. The van der Waals surface area contributed by atoms with Crippen LogP contribution < -0.4 is 0 Å². The van der Waals surface area contributed by atoms with Crippen LogP contribution in [0.25, 0.3) is 230 Å². The molecular weight excluding hydrogens is 1310 g/mol. The second-order valence-electron chi connectivity index (χ2n) is 28.0. The summed E-state index contributed by atoms with van der Waals surface area (Å²) in [6, 6.07) is 119. The smallest absolute Gasteiger partial charge is 0.221 e. The molecule has 16 aromatic carbocycles. The highest BCUT2D eigenvalue weighted by molar-refractivity contribution is 7.26. The van der Waals surface area contributed by atoms with E-state index in [2.05, 4.69) is 346 Å². The number of benzene rings is 16. The van der Waals surface area contributed by atoms with Crippen molar-refractivity contribution in [2.24, 2.45) is 0 Å². The Bertz CT molecular complexity index is 7960. The average molecular weight is 1370 g/mol. The van der Waals surface area contributed by atoms with Crippen molar-refractivity contribution in [1.29, 1.82) is 0 Å². The molecule has 106 heavy (non-hydrogen) atoms. The SMILES string of the molecule is c1ccc2c(c1)ccc1c2c2cc(-c3ccc(-c4ccc5oc6ccc(-c7ccc8nc(-n9c%10ccc(-c%11ccc(-c%12cccc%13c%12sc%12ccccc%12%13)cc%11)cc%10c%10c%11ccccc%11ccc%109)n9c%10ccccc%10nc9c8c7)cc6c5c4)cc3)ccc2n1-c1nc2ccccc2c2nc3ccccc3n12. The van der Waals surface area contributed by atoms with Gasteiger partial charge in [-0.2, -0.15) is 0 Å². The molecule has 24 aromatic rings. The van der Waals surface area contributed by atoms with Crippen molar-refractivity contribution in [1.82, 2.24) is 37.9 Å². The second-order valence-corrected chi connectivity index (χ2v) is 29.1. The van der Waals surface area contributed by atoms with E-state index in [4.69, 9.17) is 24.4 Å². The standard InChI is InChI=1S/C96H54N8OS/c1-3-16-66-58(14-1)37-46-85-90(66)75-53-61(39-44-81(75)101(85)95-99-77-22-7-5-19-71(77)93-97-79-23-8-10-25-83(79)103(93)95)55-28-30-56(31-29-55)63-41-48-87-72(50-63)73-51-65(42-49-88(73)105-87)64-36-43-78-74(52-64)94-98-80-24-9-11-26-84(80)104(94)96(100-78)102-82-45-40-62(54-76(82)91-67-17-4-2-15-59(67)38-47-86(91)102)57-32-34-60(35-33-57)68-20-13-21-70-69-18-6-12-27-89(69)106-92(68)70/h1-54H. The summed E-state index contributed by atoms with van der Waals surface area (Å²) in [5.74, 6) is 1.58. The number of thiophene rings is 1.